The number of ketones is 1. The third-order valence-electron chi connectivity index (χ3n) is 1.01. The minimum atomic E-state index is -0.0834. The van der Waals surface area contributed by atoms with Crippen molar-refractivity contribution >= 4 is 46.1 Å². The first-order valence-corrected chi connectivity index (χ1v) is 3.48. The van der Waals surface area contributed by atoms with Crippen LogP contribution in [0.25, 0.3) is 0 Å². The number of carbonyl (C=O) groups excluding carboxylic acids is 1. The number of halogens is 1. The Bertz CT molecular complexity index is 273. The van der Waals surface area contributed by atoms with E-state index in [0.29, 0.717) is 10.3 Å². The van der Waals surface area contributed by atoms with E-state index in [0.717, 1.165) is 0 Å². The van der Waals surface area contributed by atoms with Crippen molar-refractivity contribution in [1.29, 1.82) is 0 Å². The number of Topliss-reactive ketones (excluding diaryl/α,β-unsaturated/α-hetero) is 1. The molecule has 6 heteroatoms. The zero-order chi connectivity index (χ0) is 7.72. The molecule has 2 radical (unpaired) electrons. The third kappa shape index (κ3) is 2.56. The van der Waals surface area contributed by atoms with Crippen LogP contribution in [0.4, 0.5) is 0 Å². The van der Waals surface area contributed by atoms with Crippen LogP contribution in [0.1, 0.15) is 17.4 Å². The van der Waals surface area contributed by atoms with E-state index < -0.39 is 0 Å². The van der Waals surface area contributed by atoms with Crippen LogP contribution in [-0.4, -0.2) is 45.2 Å². The Morgan fingerprint density at radius 2 is 2.09 bits per heavy atom. The summed E-state index contributed by atoms with van der Waals surface area (Å²) in [6, 6.07) is 0. The molecule has 11 heavy (non-hydrogen) atoms. The summed E-state index contributed by atoms with van der Waals surface area (Å²) in [5.41, 5.74) is 0.377. The van der Waals surface area contributed by atoms with Gasteiger partial charge in [-0.15, -0.1) is 10.2 Å². The standard InChI is InChI=1S/C5H6BrN3O.Sb.H/c1-3(10)4-5(6)8-9(2)7-4;;/h1-2H3;;. The molecular weight excluding hydrogens is 320 g/mol. The monoisotopic (exact) mass is 325 g/mol. The van der Waals surface area contributed by atoms with Crippen LogP contribution in [0.3, 0.4) is 0 Å². The van der Waals surface area contributed by atoms with Crippen molar-refractivity contribution in [2.45, 2.75) is 6.92 Å². The summed E-state index contributed by atoms with van der Waals surface area (Å²) in [6.45, 7) is 1.45. The molecule has 0 saturated heterocycles. The molecule has 0 atom stereocenters. The number of rotatable bonds is 1. The zero-order valence-corrected chi connectivity index (χ0v) is 10.6. The van der Waals surface area contributed by atoms with Crippen LogP contribution < -0.4 is 0 Å². The van der Waals surface area contributed by atoms with Crippen molar-refractivity contribution in [3.05, 3.63) is 10.3 Å². The molecule has 1 aromatic rings. The van der Waals surface area contributed by atoms with Gasteiger partial charge in [-0.05, 0) is 15.9 Å². The number of aryl methyl sites for hydroxylation is 1. The number of nitrogens with zero attached hydrogens (tertiary/aromatic N) is 3. The van der Waals surface area contributed by atoms with Crippen LogP contribution in [-0.2, 0) is 7.05 Å². The minimum absolute atomic E-state index is 0. The van der Waals surface area contributed by atoms with Gasteiger partial charge >= 0.3 is 24.4 Å². The van der Waals surface area contributed by atoms with Gasteiger partial charge in [0.25, 0.3) is 0 Å². The molecule has 0 aromatic carbocycles. The second kappa shape index (κ2) is 4.21. The summed E-state index contributed by atoms with van der Waals surface area (Å²) < 4.78 is 0.502. The van der Waals surface area contributed by atoms with Gasteiger partial charge in [0.2, 0.25) is 0 Å². The molecule has 0 spiro atoms. The van der Waals surface area contributed by atoms with E-state index in [1.807, 2.05) is 0 Å². The second-order valence-electron chi connectivity index (χ2n) is 1.89. The second-order valence-corrected chi connectivity index (χ2v) is 2.64. The van der Waals surface area contributed by atoms with E-state index in [1.165, 1.54) is 11.7 Å². The van der Waals surface area contributed by atoms with E-state index in [1.54, 1.807) is 7.05 Å². The molecule has 0 aliphatic carbocycles. The normalized spacial score (nSPS) is 9.00. The summed E-state index contributed by atoms with van der Waals surface area (Å²) in [6.07, 6.45) is 0. The fourth-order valence-electron chi connectivity index (χ4n) is 0.598. The van der Waals surface area contributed by atoms with Crippen molar-refractivity contribution in [3.63, 3.8) is 0 Å². The van der Waals surface area contributed by atoms with Crippen LogP contribution in [0.2, 0.25) is 0 Å². The average Bonchev–Trinajstić information content (AvgIpc) is 2.10. The van der Waals surface area contributed by atoms with Gasteiger partial charge < -0.3 is 0 Å². The molecule has 0 N–H and O–H groups in total. The van der Waals surface area contributed by atoms with Gasteiger partial charge in [-0.1, -0.05) is 0 Å². The number of hydrogen-bond donors (Lipinski definition) is 0. The SMILES string of the molecule is CC(=O)c1nn(C)nc1Br.[SbH]. The quantitative estimate of drug-likeness (QED) is 0.544. The average molecular weight is 327 g/mol. The van der Waals surface area contributed by atoms with Gasteiger partial charge in [0.05, 0.1) is 0 Å². The maximum atomic E-state index is 10.7. The molecule has 0 fully saturated rings. The van der Waals surface area contributed by atoms with E-state index in [4.69, 9.17) is 0 Å². The van der Waals surface area contributed by atoms with Gasteiger partial charge in [0, 0.05) is 14.0 Å². The summed E-state index contributed by atoms with van der Waals surface area (Å²) in [5.74, 6) is -0.0834. The number of hydrogen-bond acceptors (Lipinski definition) is 3. The van der Waals surface area contributed by atoms with Gasteiger partial charge in [0.1, 0.15) is 0 Å². The van der Waals surface area contributed by atoms with Gasteiger partial charge in [-0.2, -0.15) is 4.80 Å². The third-order valence-corrected chi connectivity index (χ3v) is 1.54. The van der Waals surface area contributed by atoms with Crippen LogP contribution in [0.5, 0.6) is 0 Å². The topological polar surface area (TPSA) is 47.8 Å². The van der Waals surface area contributed by atoms with E-state index >= 15 is 0 Å². The fraction of sp³-hybridized carbons (Fsp3) is 0.400. The van der Waals surface area contributed by atoms with Crippen LogP contribution >= 0.6 is 15.9 Å². The predicted molar refractivity (Wildman–Crippen MR) is 45.9 cm³/mol. The Morgan fingerprint density at radius 3 is 2.27 bits per heavy atom. The molecule has 1 heterocycles. The summed E-state index contributed by atoms with van der Waals surface area (Å²) in [7, 11) is 1.66. The molecule has 60 valence electrons. The predicted octanol–water partition coefficient (Wildman–Crippen LogP) is 0.132. The van der Waals surface area contributed by atoms with Crippen molar-refractivity contribution in [2.75, 3.05) is 0 Å². The molecule has 0 bridgehead atoms. The van der Waals surface area contributed by atoms with Crippen molar-refractivity contribution in [3.8, 4) is 0 Å². The Morgan fingerprint density at radius 1 is 1.55 bits per heavy atom. The molecule has 4 nitrogen and oxygen atoms in total. The summed E-state index contributed by atoms with van der Waals surface area (Å²) >= 11 is 3.10. The molecule has 1 aromatic heterocycles. The zero-order valence-electron chi connectivity index (χ0n) is 6.13. The molecule has 0 amide bonds. The summed E-state index contributed by atoms with van der Waals surface area (Å²) in [4.78, 5) is 12.1. The molecular formula is C5H7BrN3OSb. The van der Waals surface area contributed by atoms with Crippen molar-refractivity contribution in [1.82, 2.24) is 15.0 Å². The first kappa shape index (κ1) is 11.1. The Labute approximate surface area is 89.9 Å². The van der Waals surface area contributed by atoms with Crippen molar-refractivity contribution < 1.29 is 4.79 Å². The van der Waals surface area contributed by atoms with E-state index in [2.05, 4.69) is 26.1 Å². The van der Waals surface area contributed by atoms with Crippen molar-refractivity contribution in [2.24, 2.45) is 7.05 Å². The Hall–Kier alpha value is 0.108. The van der Waals surface area contributed by atoms with Gasteiger partial charge in [-0.25, -0.2) is 0 Å². The fourth-order valence-corrected chi connectivity index (χ4v) is 1.19. The molecule has 0 aliphatic rings. The Kier molecular flexibility index (Phi) is 4.25. The van der Waals surface area contributed by atoms with Crippen LogP contribution in [0, 0.1) is 0 Å². The molecule has 1 rings (SSSR count). The van der Waals surface area contributed by atoms with E-state index in [9.17, 15) is 4.79 Å². The Balaban J connectivity index is 0.000001000. The molecule has 0 aliphatic heterocycles. The first-order chi connectivity index (χ1) is 4.61. The molecule has 0 saturated carbocycles. The number of carbonyl (C=O) groups is 1. The van der Waals surface area contributed by atoms with Gasteiger partial charge in [0.15, 0.2) is 16.1 Å². The molecule has 0 unspecified atom stereocenters. The number of aromatic nitrogens is 3. The van der Waals surface area contributed by atoms with Crippen LogP contribution in [0.15, 0.2) is 4.60 Å². The summed E-state index contributed by atoms with van der Waals surface area (Å²) in [5, 5.41) is 7.65. The van der Waals surface area contributed by atoms with Gasteiger partial charge in [-0.3, -0.25) is 4.79 Å². The maximum absolute atomic E-state index is 10.7. The first-order valence-electron chi connectivity index (χ1n) is 2.69. The van der Waals surface area contributed by atoms with E-state index in [-0.39, 0.29) is 30.2 Å².